The average Bonchev–Trinajstić information content (AvgIpc) is 3.36. The van der Waals surface area contributed by atoms with Gasteiger partial charge in [0.1, 0.15) is 55.4 Å². The minimum Gasteiger partial charge on any atom is -0.462 e. The summed E-state index contributed by atoms with van der Waals surface area (Å²) in [7, 11) is 0. The number of aliphatic hydroxyl groups is 7. The van der Waals surface area contributed by atoms with Gasteiger partial charge in [0, 0.05) is 12.8 Å². The second-order valence-corrected chi connectivity index (χ2v) is 20.1. The van der Waals surface area contributed by atoms with Crippen LogP contribution in [0.2, 0.25) is 0 Å². The van der Waals surface area contributed by atoms with Crippen LogP contribution in [0.4, 0.5) is 0 Å². The summed E-state index contributed by atoms with van der Waals surface area (Å²) in [6.07, 6.45) is 29.2. The molecule has 4 unspecified atom stereocenters. The summed E-state index contributed by atoms with van der Waals surface area (Å²) < 4.78 is 33.6. The standard InChI is InChI=1S/C56H102O15/c1-3-5-7-9-11-13-15-17-19-21-23-25-27-29-31-33-35-37-39-48(59)69-44(41-66-47(58)38-36-34-32-30-28-26-24-22-20-18-16-14-12-10-8-6-4-2)42-67-55-54(65)52(63)50(61)46(71-55)43-68-56-53(64)51(62)49(60)45(40-57)70-56/h24,26,30,32,44-46,49-57,60-65H,3-23,25,27-29,31,33-43H2,1-2H3/b26-24+,32-30+/t44-,45+,46+,49-,50-,51?,52?,53?,54?,55+,56+/m1/s1. The number of ether oxygens (including phenoxy) is 6. The van der Waals surface area contributed by atoms with E-state index in [4.69, 9.17) is 28.4 Å². The van der Waals surface area contributed by atoms with E-state index in [0.717, 1.165) is 32.1 Å². The van der Waals surface area contributed by atoms with Gasteiger partial charge in [0.25, 0.3) is 0 Å². The molecular weight excluding hydrogens is 913 g/mol. The van der Waals surface area contributed by atoms with E-state index in [1.54, 1.807) is 0 Å². The number of aliphatic hydroxyl groups excluding tert-OH is 7. The zero-order valence-electron chi connectivity index (χ0n) is 44.2. The predicted molar refractivity (Wildman–Crippen MR) is 275 cm³/mol. The lowest BCUT2D eigenvalue weighted by molar-refractivity contribution is -0.332. The molecule has 71 heavy (non-hydrogen) atoms. The number of rotatable bonds is 45. The second kappa shape index (κ2) is 43.2. The molecule has 2 saturated heterocycles. The maximum Gasteiger partial charge on any atom is 0.306 e. The number of esters is 2. The predicted octanol–water partition coefficient (Wildman–Crippen LogP) is 9.11. The summed E-state index contributed by atoms with van der Waals surface area (Å²) in [5.41, 5.74) is 0. The van der Waals surface area contributed by atoms with Crippen LogP contribution in [0.25, 0.3) is 0 Å². The van der Waals surface area contributed by atoms with Gasteiger partial charge < -0.3 is 64.2 Å². The summed E-state index contributed by atoms with van der Waals surface area (Å²) in [4.78, 5) is 25.8. The highest BCUT2D eigenvalue weighted by Gasteiger charge is 2.47. The van der Waals surface area contributed by atoms with Gasteiger partial charge in [0.15, 0.2) is 18.7 Å². The van der Waals surface area contributed by atoms with Crippen LogP contribution in [0.3, 0.4) is 0 Å². The smallest absolute Gasteiger partial charge is 0.306 e. The zero-order chi connectivity index (χ0) is 51.7. The van der Waals surface area contributed by atoms with E-state index in [1.807, 2.05) is 0 Å². The molecule has 2 rings (SSSR count). The third-order valence-electron chi connectivity index (χ3n) is 13.7. The van der Waals surface area contributed by atoms with Crippen LogP contribution < -0.4 is 0 Å². The molecule has 7 N–H and O–H groups in total. The quantitative estimate of drug-likeness (QED) is 0.0171. The van der Waals surface area contributed by atoms with Crippen molar-refractivity contribution in [3.05, 3.63) is 24.3 Å². The minimum atomic E-state index is -1.77. The molecule has 2 aliphatic heterocycles. The third-order valence-corrected chi connectivity index (χ3v) is 13.7. The highest BCUT2D eigenvalue weighted by molar-refractivity contribution is 5.70. The molecule has 0 aromatic carbocycles. The van der Waals surface area contributed by atoms with Gasteiger partial charge in [0.05, 0.1) is 19.8 Å². The van der Waals surface area contributed by atoms with E-state index in [1.165, 1.54) is 148 Å². The van der Waals surface area contributed by atoms with Gasteiger partial charge in [-0.25, -0.2) is 0 Å². The molecule has 0 radical (unpaired) electrons. The SMILES string of the molecule is CCCCCCCCCCC/C=C/C/C=C/CCCC(=O)OC[C@H](CO[C@H]1O[C@@H](CO[C@H]2O[C@@H](CO)[C@@H](O)C(O)C2O)[C@@H](O)C(O)C1O)OC(=O)CCCCCCCCCCCCCCCCCCCC. The van der Waals surface area contributed by atoms with Crippen LogP contribution >= 0.6 is 0 Å². The van der Waals surface area contributed by atoms with Crippen molar-refractivity contribution in [2.45, 2.75) is 293 Å². The van der Waals surface area contributed by atoms with Crippen LogP contribution in [-0.2, 0) is 38.0 Å². The molecular formula is C56H102O15. The maximum atomic E-state index is 13.0. The number of hydrogen-bond acceptors (Lipinski definition) is 15. The van der Waals surface area contributed by atoms with Crippen LogP contribution in [-0.4, -0.2) is 142 Å². The molecule has 0 aromatic rings. The van der Waals surface area contributed by atoms with Crippen LogP contribution in [0.1, 0.15) is 226 Å². The first-order valence-corrected chi connectivity index (χ1v) is 28.4. The molecule has 0 aromatic heterocycles. The number of carbonyl (C=O) groups excluding carboxylic acids is 2. The van der Waals surface area contributed by atoms with Crippen molar-refractivity contribution >= 4 is 11.9 Å². The average molecular weight is 1020 g/mol. The minimum absolute atomic E-state index is 0.157. The Labute approximate surface area is 428 Å². The largest absolute Gasteiger partial charge is 0.462 e. The van der Waals surface area contributed by atoms with Crippen molar-refractivity contribution in [2.75, 3.05) is 26.4 Å². The molecule has 0 amide bonds. The summed E-state index contributed by atoms with van der Waals surface area (Å²) in [5.74, 6) is -0.966. The van der Waals surface area contributed by atoms with Crippen molar-refractivity contribution in [1.82, 2.24) is 0 Å². The number of unbranched alkanes of at least 4 members (excludes halogenated alkanes) is 27. The van der Waals surface area contributed by atoms with E-state index < -0.39 is 99.3 Å². The maximum absolute atomic E-state index is 13.0. The number of carbonyl (C=O) groups is 2. The third kappa shape index (κ3) is 30.8. The molecule has 0 aliphatic carbocycles. The van der Waals surface area contributed by atoms with Gasteiger partial charge in [-0.05, 0) is 38.5 Å². The zero-order valence-corrected chi connectivity index (χ0v) is 44.2. The molecule has 0 bridgehead atoms. The molecule has 2 heterocycles. The monoisotopic (exact) mass is 1010 g/mol. The molecule has 2 fully saturated rings. The highest BCUT2D eigenvalue weighted by Crippen LogP contribution is 2.27. The Morgan fingerprint density at radius 3 is 1.35 bits per heavy atom. The molecule has 416 valence electrons. The van der Waals surface area contributed by atoms with E-state index in [0.29, 0.717) is 19.3 Å². The Bertz CT molecular complexity index is 1330. The van der Waals surface area contributed by atoms with E-state index in [-0.39, 0.29) is 19.4 Å². The summed E-state index contributed by atoms with van der Waals surface area (Å²) in [6, 6.07) is 0. The normalized spacial score (nSPS) is 25.3. The van der Waals surface area contributed by atoms with E-state index in [9.17, 15) is 45.3 Å². The molecule has 15 heteroatoms. The Morgan fingerprint density at radius 1 is 0.451 bits per heavy atom. The fourth-order valence-corrected chi connectivity index (χ4v) is 9.02. The molecule has 15 nitrogen and oxygen atoms in total. The second-order valence-electron chi connectivity index (χ2n) is 20.1. The van der Waals surface area contributed by atoms with Gasteiger partial charge in [0.2, 0.25) is 0 Å². The van der Waals surface area contributed by atoms with Crippen LogP contribution in [0.15, 0.2) is 24.3 Å². The van der Waals surface area contributed by atoms with Crippen molar-refractivity contribution in [3.8, 4) is 0 Å². The fraction of sp³-hybridized carbons (Fsp3) is 0.893. The Balaban J connectivity index is 1.78. The molecule has 0 saturated carbocycles. The van der Waals surface area contributed by atoms with E-state index >= 15 is 0 Å². The molecule has 2 aliphatic rings. The van der Waals surface area contributed by atoms with Crippen LogP contribution in [0.5, 0.6) is 0 Å². The summed E-state index contributed by atoms with van der Waals surface area (Å²) >= 11 is 0. The van der Waals surface area contributed by atoms with Crippen LogP contribution in [0, 0.1) is 0 Å². The lowest BCUT2D eigenvalue weighted by Gasteiger charge is -2.42. The van der Waals surface area contributed by atoms with Gasteiger partial charge in [-0.1, -0.05) is 199 Å². The first kappa shape index (κ1) is 65.1. The topological polar surface area (TPSA) is 231 Å². The first-order chi connectivity index (χ1) is 34.5. The van der Waals surface area contributed by atoms with E-state index in [2.05, 4.69) is 38.2 Å². The van der Waals surface area contributed by atoms with Crippen molar-refractivity contribution < 1.29 is 73.8 Å². The highest BCUT2D eigenvalue weighted by atomic mass is 16.7. The van der Waals surface area contributed by atoms with Gasteiger partial charge in [-0.15, -0.1) is 0 Å². The van der Waals surface area contributed by atoms with Gasteiger partial charge in [-0.3, -0.25) is 9.59 Å². The summed E-state index contributed by atoms with van der Waals surface area (Å²) in [6.45, 7) is 2.59. The van der Waals surface area contributed by atoms with Gasteiger partial charge in [-0.2, -0.15) is 0 Å². The number of allylic oxidation sites excluding steroid dienone is 4. The van der Waals surface area contributed by atoms with Gasteiger partial charge >= 0.3 is 11.9 Å². The number of hydrogen-bond donors (Lipinski definition) is 7. The molecule has 0 spiro atoms. The Kier molecular flexibility index (Phi) is 39.6. The Morgan fingerprint density at radius 2 is 0.859 bits per heavy atom. The van der Waals surface area contributed by atoms with Crippen molar-refractivity contribution in [2.24, 2.45) is 0 Å². The first-order valence-electron chi connectivity index (χ1n) is 28.4. The fourth-order valence-electron chi connectivity index (χ4n) is 9.02. The molecule has 11 atom stereocenters. The summed E-state index contributed by atoms with van der Waals surface area (Å²) in [5, 5.41) is 72.2. The lowest BCUT2D eigenvalue weighted by atomic mass is 9.98. The van der Waals surface area contributed by atoms with Crippen molar-refractivity contribution in [3.63, 3.8) is 0 Å². The lowest BCUT2D eigenvalue weighted by Crippen LogP contribution is -2.61. The Hall–Kier alpha value is -2.02. The van der Waals surface area contributed by atoms with Crippen molar-refractivity contribution in [1.29, 1.82) is 0 Å².